The van der Waals surface area contributed by atoms with Crippen LogP contribution in [0.5, 0.6) is 0 Å². The Morgan fingerprint density at radius 1 is 1.11 bits per heavy atom. The number of nitrogens with one attached hydrogen (secondary N) is 2. The van der Waals surface area contributed by atoms with Crippen molar-refractivity contribution in [1.29, 1.82) is 0 Å². The molecule has 38 heavy (non-hydrogen) atoms. The van der Waals surface area contributed by atoms with E-state index < -0.39 is 0 Å². The number of piperazine rings is 1. The number of anilines is 1. The maximum absolute atomic E-state index is 12.7. The van der Waals surface area contributed by atoms with Gasteiger partial charge in [0, 0.05) is 55.2 Å². The number of hydrogen-bond donors (Lipinski definition) is 3. The van der Waals surface area contributed by atoms with E-state index in [1.54, 1.807) is 11.3 Å². The maximum atomic E-state index is 12.7. The molecule has 1 aliphatic heterocycles. The number of aryl methyl sites for hydroxylation is 1. The number of aromatic amines is 1. The summed E-state index contributed by atoms with van der Waals surface area (Å²) >= 11 is 1.60. The Morgan fingerprint density at radius 3 is 2.71 bits per heavy atom. The third-order valence-corrected chi connectivity index (χ3v) is 7.93. The normalized spacial score (nSPS) is 15.0. The van der Waals surface area contributed by atoms with E-state index in [1.165, 1.54) is 5.56 Å². The summed E-state index contributed by atoms with van der Waals surface area (Å²) < 4.78 is 0. The minimum Gasteiger partial charge on any atom is -0.395 e. The molecule has 3 heterocycles. The Bertz CT molecular complexity index is 1390. The number of aliphatic hydroxyl groups excluding tert-OH is 1. The Hall–Kier alpha value is -3.30. The van der Waals surface area contributed by atoms with Crippen LogP contribution in [0, 0.1) is 0 Å². The lowest BCUT2D eigenvalue weighted by molar-refractivity contribution is -0.115. The molecule has 0 unspecified atom stereocenters. The molecule has 1 fully saturated rings. The van der Waals surface area contributed by atoms with Gasteiger partial charge >= 0.3 is 0 Å². The zero-order valence-corrected chi connectivity index (χ0v) is 22.6. The second kappa shape index (κ2) is 12.5. The summed E-state index contributed by atoms with van der Waals surface area (Å²) in [5, 5.41) is 23.0. The summed E-state index contributed by atoms with van der Waals surface area (Å²) in [5.74, 6) is -0.00582. The molecule has 198 valence electrons. The van der Waals surface area contributed by atoms with E-state index in [0.717, 1.165) is 84.0 Å². The van der Waals surface area contributed by atoms with Gasteiger partial charge in [-0.05, 0) is 52.8 Å². The quantitative estimate of drug-likeness (QED) is 0.279. The molecular weight excluding hydrogens is 494 g/mol. The molecule has 2 aromatic heterocycles. The highest BCUT2D eigenvalue weighted by Gasteiger charge is 2.16. The van der Waals surface area contributed by atoms with Crippen LogP contribution in [0.2, 0.25) is 0 Å². The number of fused-ring (bicyclic) bond motifs is 1. The number of β-amino-alcohol motifs (C(OH)–C–C–N with tert-alkyl or cyclic N) is 1. The van der Waals surface area contributed by atoms with E-state index in [1.807, 2.05) is 29.7 Å². The van der Waals surface area contributed by atoms with Gasteiger partial charge < -0.3 is 10.4 Å². The molecule has 5 rings (SSSR count). The standard InChI is InChI=1S/C30H35N5O2S/c1-2-24-18-29-26(20-28(24)31-30(37)19-25-7-4-16-38-25)27(32-33-29)9-8-22-5-3-6-23(17-22)21-35-12-10-34(11-13-35)14-15-36/h3-9,16-18,20,36H,2,10-15,19,21H2,1H3,(H,31,37)(H,32,33). The van der Waals surface area contributed by atoms with E-state index in [2.05, 4.69) is 68.6 Å². The number of hydrogen-bond acceptors (Lipinski definition) is 6. The van der Waals surface area contributed by atoms with Gasteiger partial charge in [0.2, 0.25) is 5.91 Å². The van der Waals surface area contributed by atoms with Crippen molar-refractivity contribution in [3.8, 4) is 0 Å². The number of carbonyl (C=O) groups excluding carboxylic acids is 1. The van der Waals surface area contributed by atoms with Gasteiger partial charge in [-0.25, -0.2) is 0 Å². The number of aliphatic hydroxyl groups is 1. The van der Waals surface area contributed by atoms with E-state index in [-0.39, 0.29) is 12.5 Å². The maximum Gasteiger partial charge on any atom is 0.229 e. The second-order valence-electron chi connectivity index (χ2n) is 9.74. The van der Waals surface area contributed by atoms with Crippen molar-refractivity contribution in [2.45, 2.75) is 26.3 Å². The number of rotatable bonds is 10. The van der Waals surface area contributed by atoms with Gasteiger partial charge in [0.15, 0.2) is 0 Å². The Balaban J connectivity index is 1.28. The molecule has 2 aromatic carbocycles. The summed E-state index contributed by atoms with van der Waals surface area (Å²) in [6.45, 7) is 8.05. The number of thiophene rings is 1. The van der Waals surface area contributed by atoms with Crippen LogP contribution in [0.1, 0.15) is 34.2 Å². The van der Waals surface area contributed by atoms with Crippen molar-refractivity contribution < 1.29 is 9.90 Å². The summed E-state index contributed by atoms with van der Waals surface area (Å²) in [4.78, 5) is 18.5. The Labute approximate surface area is 227 Å². The fourth-order valence-corrected chi connectivity index (χ4v) is 5.68. The molecule has 4 aromatic rings. The molecule has 0 aliphatic carbocycles. The first-order valence-corrected chi connectivity index (χ1v) is 14.1. The molecule has 0 radical (unpaired) electrons. The molecule has 0 spiro atoms. The van der Waals surface area contributed by atoms with Gasteiger partial charge in [0.1, 0.15) is 0 Å². The van der Waals surface area contributed by atoms with Crippen LogP contribution >= 0.6 is 11.3 Å². The van der Waals surface area contributed by atoms with Crippen LogP contribution in [0.25, 0.3) is 23.1 Å². The highest BCUT2D eigenvalue weighted by Crippen LogP contribution is 2.27. The number of H-pyrrole nitrogens is 1. The van der Waals surface area contributed by atoms with Gasteiger partial charge in [-0.1, -0.05) is 43.3 Å². The summed E-state index contributed by atoms with van der Waals surface area (Å²) in [5.41, 5.74) is 6.17. The molecule has 3 N–H and O–H groups in total. The SMILES string of the molecule is CCc1cc2[nH]nc(C=Cc3cccc(CN4CCN(CCO)CC4)c3)c2cc1NC(=O)Cc1cccs1. The predicted octanol–water partition coefficient (Wildman–Crippen LogP) is 4.65. The lowest BCUT2D eigenvalue weighted by atomic mass is 10.0. The molecule has 1 amide bonds. The average molecular weight is 530 g/mol. The monoisotopic (exact) mass is 529 g/mol. The predicted molar refractivity (Wildman–Crippen MR) is 156 cm³/mol. The fraction of sp³-hybridized carbons (Fsp3) is 0.333. The van der Waals surface area contributed by atoms with Gasteiger partial charge in [-0.2, -0.15) is 5.10 Å². The third kappa shape index (κ3) is 6.57. The average Bonchev–Trinajstić information content (AvgIpc) is 3.58. The lowest BCUT2D eigenvalue weighted by Crippen LogP contribution is -2.46. The van der Waals surface area contributed by atoms with E-state index >= 15 is 0 Å². The summed E-state index contributed by atoms with van der Waals surface area (Å²) in [6.07, 6.45) is 5.33. The number of nitrogens with zero attached hydrogens (tertiary/aromatic N) is 3. The Morgan fingerprint density at radius 2 is 1.95 bits per heavy atom. The van der Waals surface area contributed by atoms with Gasteiger partial charge in [-0.15, -0.1) is 11.3 Å². The van der Waals surface area contributed by atoms with Crippen molar-refractivity contribution in [3.63, 3.8) is 0 Å². The molecular formula is C30H35N5O2S. The van der Waals surface area contributed by atoms with E-state index in [4.69, 9.17) is 5.11 Å². The molecule has 0 bridgehead atoms. The van der Waals surface area contributed by atoms with Crippen molar-refractivity contribution in [2.24, 2.45) is 0 Å². The van der Waals surface area contributed by atoms with Crippen molar-refractivity contribution >= 4 is 46.0 Å². The largest absolute Gasteiger partial charge is 0.395 e. The second-order valence-corrected chi connectivity index (χ2v) is 10.8. The number of amides is 1. The highest BCUT2D eigenvalue weighted by atomic mass is 32.1. The van der Waals surface area contributed by atoms with Crippen LogP contribution in [0.15, 0.2) is 53.9 Å². The molecule has 0 atom stereocenters. The van der Waals surface area contributed by atoms with E-state index in [0.29, 0.717) is 6.42 Å². The van der Waals surface area contributed by atoms with Crippen LogP contribution in [-0.4, -0.2) is 70.3 Å². The third-order valence-electron chi connectivity index (χ3n) is 7.06. The minimum atomic E-state index is -0.00582. The molecule has 0 saturated carbocycles. The van der Waals surface area contributed by atoms with E-state index in [9.17, 15) is 4.79 Å². The van der Waals surface area contributed by atoms with Crippen molar-refractivity contribution in [1.82, 2.24) is 20.0 Å². The first-order valence-electron chi connectivity index (χ1n) is 13.3. The van der Waals surface area contributed by atoms with Gasteiger partial charge in [-0.3, -0.25) is 19.7 Å². The molecule has 8 heteroatoms. The molecule has 7 nitrogen and oxygen atoms in total. The Kier molecular flexibility index (Phi) is 8.65. The number of benzene rings is 2. The number of carbonyl (C=O) groups is 1. The van der Waals surface area contributed by atoms with Gasteiger partial charge in [0.25, 0.3) is 0 Å². The lowest BCUT2D eigenvalue weighted by Gasteiger charge is -2.34. The fourth-order valence-electron chi connectivity index (χ4n) is 4.97. The molecule has 1 saturated heterocycles. The zero-order valence-electron chi connectivity index (χ0n) is 21.8. The smallest absolute Gasteiger partial charge is 0.229 e. The van der Waals surface area contributed by atoms with Crippen molar-refractivity contribution in [3.05, 3.63) is 81.2 Å². The first kappa shape index (κ1) is 26.3. The van der Waals surface area contributed by atoms with Crippen LogP contribution in [-0.2, 0) is 24.2 Å². The van der Waals surface area contributed by atoms with Crippen LogP contribution < -0.4 is 5.32 Å². The topological polar surface area (TPSA) is 84.5 Å². The highest BCUT2D eigenvalue weighted by molar-refractivity contribution is 7.10. The summed E-state index contributed by atoms with van der Waals surface area (Å²) in [7, 11) is 0. The summed E-state index contributed by atoms with van der Waals surface area (Å²) in [6, 6.07) is 16.7. The van der Waals surface area contributed by atoms with Crippen LogP contribution in [0.3, 0.4) is 0 Å². The zero-order chi connectivity index (χ0) is 26.3. The van der Waals surface area contributed by atoms with Gasteiger partial charge in [0.05, 0.1) is 24.2 Å². The van der Waals surface area contributed by atoms with Crippen LogP contribution in [0.4, 0.5) is 5.69 Å². The molecule has 1 aliphatic rings. The van der Waals surface area contributed by atoms with Crippen molar-refractivity contribution in [2.75, 3.05) is 44.6 Å². The minimum absolute atomic E-state index is 0.00582. The first-order chi connectivity index (χ1) is 18.6. The number of aromatic nitrogens is 2.